The number of aromatic amines is 2. The lowest BCUT2D eigenvalue weighted by Gasteiger charge is -2.34. The van der Waals surface area contributed by atoms with Crippen LogP contribution < -0.4 is 5.32 Å². The van der Waals surface area contributed by atoms with Gasteiger partial charge < -0.3 is 29.8 Å². The van der Waals surface area contributed by atoms with Gasteiger partial charge in [-0.3, -0.25) is 14.5 Å². The molecule has 57 heavy (non-hydrogen) atoms. The number of imidazole rings is 2. The number of likely N-dealkylation sites (N-methyl/N-ethyl adjacent to an activating group) is 1. The molecular formula is C45H52N8O4. The molecule has 2 saturated heterocycles. The summed E-state index contributed by atoms with van der Waals surface area (Å²) in [6, 6.07) is 25.8. The minimum Gasteiger partial charge on any atom is -0.453 e. The first-order valence-corrected chi connectivity index (χ1v) is 20.4. The number of alkyl carbamates (subject to hydrolysis) is 1. The zero-order valence-electron chi connectivity index (χ0n) is 33.0. The number of likely N-dealkylation sites (tertiary alicyclic amines) is 2. The third-order valence-corrected chi connectivity index (χ3v) is 12.0. The summed E-state index contributed by atoms with van der Waals surface area (Å²) in [4.78, 5) is 62.5. The molecule has 3 aliphatic rings. The van der Waals surface area contributed by atoms with Crippen molar-refractivity contribution in [3.8, 4) is 33.6 Å². The molecule has 0 bridgehead atoms. The molecule has 0 radical (unpaired) electrons. The largest absolute Gasteiger partial charge is 0.453 e. The van der Waals surface area contributed by atoms with Gasteiger partial charge in [0.25, 0.3) is 0 Å². The predicted octanol–water partition coefficient (Wildman–Crippen LogP) is 7.68. The number of benzene rings is 3. The Bertz CT molecular complexity index is 2160. The molecule has 3 fully saturated rings. The van der Waals surface area contributed by atoms with E-state index < -0.39 is 12.1 Å². The highest BCUT2D eigenvalue weighted by Gasteiger charge is 2.43. The molecular weight excluding hydrogens is 717 g/mol. The molecule has 4 atom stereocenters. The van der Waals surface area contributed by atoms with E-state index in [1.807, 2.05) is 40.4 Å². The number of aromatic nitrogens is 4. The van der Waals surface area contributed by atoms with E-state index >= 15 is 0 Å². The van der Waals surface area contributed by atoms with E-state index in [4.69, 9.17) is 14.7 Å². The van der Waals surface area contributed by atoms with E-state index in [1.165, 1.54) is 7.11 Å². The predicted molar refractivity (Wildman–Crippen MR) is 219 cm³/mol. The Morgan fingerprint density at radius 1 is 0.719 bits per heavy atom. The van der Waals surface area contributed by atoms with Gasteiger partial charge in [-0.15, -0.1) is 0 Å². The molecule has 0 spiro atoms. The summed E-state index contributed by atoms with van der Waals surface area (Å²) >= 11 is 0. The van der Waals surface area contributed by atoms with Gasteiger partial charge in [0.1, 0.15) is 23.7 Å². The number of amides is 3. The number of nitrogens with zero attached hydrogens (tertiary/aromatic N) is 5. The number of H-pyrrole nitrogens is 2. The number of carbonyl (C=O) groups is 3. The van der Waals surface area contributed by atoms with Crippen LogP contribution in [0.15, 0.2) is 91.3 Å². The van der Waals surface area contributed by atoms with E-state index in [0.717, 1.165) is 109 Å². The van der Waals surface area contributed by atoms with Gasteiger partial charge in [0.05, 0.1) is 43.0 Å². The van der Waals surface area contributed by atoms with Crippen molar-refractivity contribution in [2.45, 2.75) is 76.5 Å². The Hall–Kier alpha value is -5.75. The summed E-state index contributed by atoms with van der Waals surface area (Å²) in [6.45, 7) is 7.16. The molecule has 296 valence electrons. The minimum absolute atomic E-state index is 0.0673. The maximum Gasteiger partial charge on any atom is 0.407 e. The first-order chi connectivity index (χ1) is 27.9. The average molecular weight is 769 g/mol. The van der Waals surface area contributed by atoms with Crippen molar-refractivity contribution in [2.24, 2.45) is 5.92 Å². The fourth-order valence-corrected chi connectivity index (χ4v) is 8.69. The lowest BCUT2D eigenvalue weighted by Crippen LogP contribution is -2.49. The lowest BCUT2D eigenvalue weighted by atomic mass is 10.0. The number of methoxy groups -OCH3 is 1. The van der Waals surface area contributed by atoms with Crippen LogP contribution in [0.4, 0.5) is 4.79 Å². The fourth-order valence-electron chi connectivity index (χ4n) is 8.69. The Kier molecular flexibility index (Phi) is 11.2. The number of carbonyl (C=O) groups excluding carboxylic acids is 3. The maximum atomic E-state index is 14.2. The third-order valence-electron chi connectivity index (χ3n) is 12.0. The molecule has 3 aromatic carbocycles. The number of nitrogens with one attached hydrogen (secondary N) is 3. The average Bonchev–Trinajstić information content (AvgIpc) is 3.73. The van der Waals surface area contributed by atoms with Crippen molar-refractivity contribution < 1.29 is 19.1 Å². The van der Waals surface area contributed by atoms with Gasteiger partial charge in [0.15, 0.2) is 0 Å². The van der Waals surface area contributed by atoms with Gasteiger partial charge in [-0.25, -0.2) is 14.8 Å². The molecule has 1 aliphatic carbocycles. The summed E-state index contributed by atoms with van der Waals surface area (Å²) < 4.78 is 4.79. The van der Waals surface area contributed by atoms with E-state index in [9.17, 15) is 14.4 Å². The normalized spacial score (nSPS) is 19.2. The van der Waals surface area contributed by atoms with Crippen LogP contribution in [-0.2, 0) is 14.3 Å². The van der Waals surface area contributed by atoms with Gasteiger partial charge in [0.2, 0.25) is 11.8 Å². The van der Waals surface area contributed by atoms with Crippen LogP contribution in [0.2, 0.25) is 0 Å². The molecule has 1 saturated carbocycles. The van der Waals surface area contributed by atoms with Crippen molar-refractivity contribution in [3.63, 3.8) is 0 Å². The second kappa shape index (κ2) is 16.8. The SMILES string of the molecule is CCN(CC)[C@@H](C(=O)N1CCC[C@H]1c1ncc(-c2ccc(-c3ccc(-c4cnc([C@@H]5CCCN5C(=O)[C@@H](NC(=O)OC)C5CC5)[nH]4)cc3)cc2)[nH]1)c1ccccc1. The number of ether oxygens (including phenoxy) is 1. The van der Waals surface area contributed by atoms with Gasteiger partial charge in [-0.05, 0) is 85.3 Å². The molecule has 4 heterocycles. The second-order valence-electron chi connectivity index (χ2n) is 15.4. The molecule has 0 unspecified atom stereocenters. The zero-order valence-corrected chi connectivity index (χ0v) is 33.0. The summed E-state index contributed by atoms with van der Waals surface area (Å²) in [5.74, 6) is 1.81. The summed E-state index contributed by atoms with van der Waals surface area (Å²) in [7, 11) is 1.32. The topological polar surface area (TPSA) is 140 Å². The first kappa shape index (κ1) is 38.1. The van der Waals surface area contributed by atoms with E-state index in [1.54, 1.807) is 0 Å². The summed E-state index contributed by atoms with van der Waals surface area (Å²) in [6.07, 6.45) is 8.49. The summed E-state index contributed by atoms with van der Waals surface area (Å²) in [5.41, 5.74) is 7.06. The van der Waals surface area contributed by atoms with Crippen molar-refractivity contribution in [3.05, 3.63) is 108 Å². The van der Waals surface area contributed by atoms with Crippen molar-refractivity contribution in [2.75, 3.05) is 33.3 Å². The molecule has 3 N–H and O–H groups in total. The monoisotopic (exact) mass is 768 g/mol. The van der Waals surface area contributed by atoms with Gasteiger partial charge in [-0.2, -0.15) is 0 Å². The van der Waals surface area contributed by atoms with Crippen LogP contribution in [0, 0.1) is 5.92 Å². The van der Waals surface area contributed by atoms with Crippen LogP contribution in [0.5, 0.6) is 0 Å². The van der Waals surface area contributed by atoms with Crippen molar-refractivity contribution >= 4 is 17.9 Å². The molecule has 12 heteroatoms. The van der Waals surface area contributed by atoms with Crippen molar-refractivity contribution in [1.29, 1.82) is 0 Å². The van der Waals surface area contributed by atoms with Crippen LogP contribution in [0.3, 0.4) is 0 Å². The van der Waals surface area contributed by atoms with E-state index in [2.05, 4.69) is 94.7 Å². The summed E-state index contributed by atoms with van der Waals surface area (Å²) in [5, 5.41) is 2.77. The Labute approximate surface area is 334 Å². The quantitative estimate of drug-likeness (QED) is 0.112. The third kappa shape index (κ3) is 7.96. The smallest absolute Gasteiger partial charge is 0.407 e. The maximum absolute atomic E-state index is 14.2. The van der Waals surface area contributed by atoms with Gasteiger partial charge >= 0.3 is 6.09 Å². The Morgan fingerprint density at radius 2 is 1.21 bits per heavy atom. The Morgan fingerprint density at radius 3 is 1.68 bits per heavy atom. The number of hydrogen-bond donors (Lipinski definition) is 3. The molecule has 3 amide bonds. The van der Waals surface area contributed by atoms with E-state index in [-0.39, 0.29) is 35.9 Å². The van der Waals surface area contributed by atoms with Crippen molar-refractivity contribution in [1.82, 2.24) is 40.0 Å². The van der Waals surface area contributed by atoms with Crippen LogP contribution >= 0.6 is 0 Å². The van der Waals surface area contributed by atoms with E-state index in [0.29, 0.717) is 6.54 Å². The zero-order chi connectivity index (χ0) is 39.5. The second-order valence-corrected chi connectivity index (χ2v) is 15.4. The Balaban J connectivity index is 0.925. The lowest BCUT2D eigenvalue weighted by molar-refractivity contribution is -0.138. The van der Waals surface area contributed by atoms with Crippen LogP contribution in [0.1, 0.15) is 87.7 Å². The highest BCUT2D eigenvalue weighted by Crippen LogP contribution is 2.39. The highest BCUT2D eigenvalue weighted by molar-refractivity contribution is 5.87. The van der Waals surface area contributed by atoms with Crippen LogP contribution in [0.25, 0.3) is 33.6 Å². The first-order valence-electron chi connectivity index (χ1n) is 20.4. The minimum atomic E-state index is -0.576. The molecule has 12 nitrogen and oxygen atoms in total. The number of hydrogen-bond acceptors (Lipinski definition) is 7. The standard InChI is InChI=1S/C45H52N8O4/c1-4-51(5-2)40(34-11-7-6-8-12-34)44(55)53-26-10-14-38(53)42-47-28-36(49-42)32-21-17-30(18-22-32)29-15-19-31(20-16-29)35-27-46-41(48-35)37-13-9-25-52(37)43(54)39(33-23-24-33)50-45(56)57-3/h6-8,11-12,15-22,27-28,33,37-40H,4-5,9-10,13-14,23-26H2,1-3H3,(H,46,48)(H,47,49)(H,50,56)/t37-,38-,39-,40+/m0/s1. The van der Waals surface area contributed by atoms with Gasteiger partial charge in [0, 0.05) is 13.1 Å². The number of rotatable bonds is 13. The highest BCUT2D eigenvalue weighted by atomic mass is 16.5. The van der Waals surface area contributed by atoms with Gasteiger partial charge in [-0.1, -0.05) is 92.7 Å². The molecule has 2 aromatic heterocycles. The molecule has 5 aromatic rings. The molecule has 8 rings (SSSR count). The van der Waals surface area contributed by atoms with Crippen LogP contribution in [-0.4, -0.2) is 91.9 Å². The molecule has 2 aliphatic heterocycles. The fraction of sp³-hybridized carbons (Fsp3) is 0.400.